The Bertz CT molecular complexity index is 1500. The van der Waals surface area contributed by atoms with Gasteiger partial charge in [-0.1, -0.05) is 42.5 Å². The number of nitrogens with zero attached hydrogens (tertiary/aromatic N) is 2. The molecule has 1 fully saturated rings. The number of carbonyl (C=O) groups excluding carboxylic acids is 2. The first-order valence-corrected chi connectivity index (χ1v) is 13.4. The maximum Gasteiger partial charge on any atom is 0.255 e. The van der Waals surface area contributed by atoms with Crippen LogP contribution in [0.2, 0.25) is 0 Å². The van der Waals surface area contributed by atoms with Crippen molar-refractivity contribution in [1.82, 2.24) is 5.32 Å². The van der Waals surface area contributed by atoms with Crippen molar-refractivity contribution in [2.45, 2.75) is 0 Å². The van der Waals surface area contributed by atoms with Gasteiger partial charge in [-0.05, 0) is 53.2 Å². The molecule has 5 rings (SSSR count). The molecule has 0 unspecified atom stereocenters. The third kappa shape index (κ3) is 6.02. The van der Waals surface area contributed by atoms with Crippen LogP contribution >= 0.6 is 0 Å². The van der Waals surface area contributed by atoms with Crippen molar-refractivity contribution in [3.05, 3.63) is 96.1 Å². The molecule has 8 nitrogen and oxygen atoms in total. The lowest BCUT2D eigenvalue weighted by molar-refractivity contribution is 0.0936. The minimum absolute atomic E-state index is 0.207. The van der Waals surface area contributed by atoms with E-state index in [4.69, 9.17) is 9.47 Å². The van der Waals surface area contributed by atoms with E-state index < -0.39 is 0 Å². The van der Waals surface area contributed by atoms with Gasteiger partial charge in [-0.2, -0.15) is 0 Å². The number of hydrogen-bond acceptors (Lipinski definition) is 6. The Morgan fingerprint density at radius 1 is 0.750 bits per heavy atom. The van der Waals surface area contributed by atoms with Gasteiger partial charge in [0.25, 0.3) is 11.8 Å². The summed E-state index contributed by atoms with van der Waals surface area (Å²) in [7, 11) is 3.28. The topological polar surface area (TPSA) is 83.1 Å². The van der Waals surface area contributed by atoms with Crippen LogP contribution in [0.25, 0.3) is 10.8 Å². The summed E-state index contributed by atoms with van der Waals surface area (Å²) in [6.45, 7) is 3.84. The van der Waals surface area contributed by atoms with E-state index in [0.29, 0.717) is 30.0 Å². The molecule has 1 aliphatic rings. The molecule has 0 aromatic heterocycles. The van der Waals surface area contributed by atoms with Crippen LogP contribution in [0.15, 0.2) is 84.9 Å². The number of carbonyl (C=O) groups is 2. The zero-order chi connectivity index (χ0) is 27.9. The number of ether oxygens (including phenoxy) is 2. The summed E-state index contributed by atoms with van der Waals surface area (Å²) in [4.78, 5) is 30.9. The van der Waals surface area contributed by atoms with Crippen molar-refractivity contribution in [1.29, 1.82) is 0 Å². The molecule has 0 spiro atoms. The van der Waals surface area contributed by atoms with Crippen LogP contribution in [0.4, 0.5) is 17.1 Å². The Hall–Kier alpha value is -4.56. The number of amides is 2. The lowest BCUT2D eigenvalue weighted by Gasteiger charge is -2.38. The van der Waals surface area contributed by atoms with Crippen molar-refractivity contribution in [2.24, 2.45) is 0 Å². The second-order valence-corrected chi connectivity index (χ2v) is 9.64. The maximum absolute atomic E-state index is 13.3. The van der Waals surface area contributed by atoms with Gasteiger partial charge in [-0.15, -0.1) is 0 Å². The normalized spacial score (nSPS) is 13.2. The molecule has 1 heterocycles. The van der Waals surface area contributed by atoms with Gasteiger partial charge >= 0.3 is 0 Å². The summed E-state index contributed by atoms with van der Waals surface area (Å²) >= 11 is 0. The lowest BCUT2D eigenvalue weighted by atomic mass is 10.1. The number of nitrogens with one attached hydrogen (secondary N) is 2. The molecule has 0 bridgehead atoms. The minimum Gasteiger partial charge on any atom is -0.495 e. The Kier molecular flexibility index (Phi) is 8.47. The number of methoxy groups -OCH3 is 2. The highest BCUT2D eigenvalue weighted by Gasteiger charge is 2.24. The van der Waals surface area contributed by atoms with Gasteiger partial charge in [0.1, 0.15) is 5.75 Å². The van der Waals surface area contributed by atoms with Crippen LogP contribution in [-0.4, -0.2) is 65.4 Å². The Morgan fingerprint density at radius 3 is 2.20 bits per heavy atom. The van der Waals surface area contributed by atoms with E-state index in [1.807, 2.05) is 72.8 Å². The first-order chi connectivity index (χ1) is 19.6. The molecule has 1 saturated heterocycles. The monoisotopic (exact) mass is 538 g/mol. The third-order valence-electron chi connectivity index (χ3n) is 7.15. The number of rotatable bonds is 9. The number of anilines is 3. The molecule has 8 heteroatoms. The number of hydrogen-bond donors (Lipinski definition) is 2. The third-order valence-corrected chi connectivity index (χ3v) is 7.15. The molecule has 4 aromatic rings. The van der Waals surface area contributed by atoms with Gasteiger partial charge in [0.05, 0.1) is 25.0 Å². The summed E-state index contributed by atoms with van der Waals surface area (Å²) in [5.74, 6) is 0.413. The van der Waals surface area contributed by atoms with Gasteiger partial charge in [0.2, 0.25) is 0 Å². The standard InChI is InChI=1S/C32H34N4O4/c1-39-20-15-33-32(38)27-22-26(34-31(37)25-12-11-23-7-3-4-8-24(23)21-25)13-14-28(27)35-16-18-36(19-17-35)29-9-5-6-10-30(29)40-2/h3-14,21-22H,15-20H2,1-2H3,(H,33,38)(H,34,37). The molecule has 0 atom stereocenters. The van der Waals surface area contributed by atoms with Crippen molar-refractivity contribution in [3.8, 4) is 5.75 Å². The van der Waals surface area contributed by atoms with Crippen LogP contribution in [0.5, 0.6) is 5.75 Å². The maximum atomic E-state index is 13.3. The molecule has 1 aliphatic heterocycles. The van der Waals surface area contributed by atoms with E-state index in [2.05, 4.69) is 26.5 Å². The number of para-hydroxylation sites is 2. The first-order valence-electron chi connectivity index (χ1n) is 13.4. The number of piperazine rings is 1. The van der Waals surface area contributed by atoms with Crippen molar-refractivity contribution in [3.63, 3.8) is 0 Å². The molecule has 206 valence electrons. The predicted octanol–water partition coefficient (Wildman–Crippen LogP) is 4.80. The van der Waals surface area contributed by atoms with Crippen LogP contribution in [0.1, 0.15) is 20.7 Å². The zero-order valence-corrected chi connectivity index (χ0v) is 22.9. The summed E-state index contributed by atoms with van der Waals surface area (Å²) in [5, 5.41) is 7.97. The Morgan fingerprint density at radius 2 is 1.45 bits per heavy atom. The SMILES string of the molecule is COCCNC(=O)c1cc(NC(=O)c2ccc3ccccc3c2)ccc1N1CCN(c2ccccc2OC)CC1. The first kappa shape index (κ1) is 27.0. The van der Waals surface area contributed by atoms with E-state index in [1.54, 1.807) is 20.3 Å². The van der Waals surface area contributed by atoms with Gasteiger partial charge < -0.3 is 29.9 Å². The largest absolute Gasteiger partial charge is 0.495 e. The van der Waals surface area contributed by atoms with Crippen molar-refractivity contribution in [2.75, 3.05) is 68.7 Å². The molecule has 0 radical (unpaired) electrons. The van der Waals surface area contributed by atoms with Gasteiger partial charge in [-0.25, -0.2) is 0 Å². The molecule has 2 amide bonds. The fourth-order valence-electron chi connectivity index (χ4n) is 5.05. The average molecular weight is 539 g/mol. The molecule has 4 aromatic carbocycles. The van der Waals surface area contributed by atoms with E-state index in [1.165, 1.54) is 0 Å². The summed E-state index contributed by atoms with van der Waals surface area (Å²) < 4.78 is 10.7. The smallest absolute Gasteiger partial charge is 0.255 e. The van der Waals surface area contributed by atoms with Crippen LogP contribution < -0.4 is 25.2 Å². The van der Waals surface area contributed by atoms with Crippen LogP contribution in [0, 0.1) is 0 Å². The second kappa shape index (κ2) is 12.5. The van der Waals surface area contributed by atoms with E-state index in [9.17, 15) is 9.59 Å². The Balaban J connectivity index is 1.35. The van der Waals surface area contributed by atoms with Gasteiger partial charge in [-0.3, -0.25) is 9.59 Å². The molecule has 0 saturated carbocycles. The lowest BCUT2D eigenvalue weighted by Crippen LogP contribution is -2.47. The average Bonchev–Trinajstić information content (AvgIpc) is 3.01. The minimum atomic E-state index is -0.227. The van der Waals surface area contributed by atoms with E-state index in [-0.39, 0.29) is 11.8 Å². The predicted molar refractivity (Wildman–Crippen MR) is 160 cm³/mol. The van der Waals surface area contributed by atoms with Gasteiger partial charge in [0, 0.05) is 56.8 Å². The summed E-state index contributed by atoms with van der Waals surface area (Å²) in [5.41, 5.74) is 3.53. The van der Waals surface area contributed by atoms with E-state index >= 15 is 0 Å². The highest BCUT2D eigenvalue weighted by Crippen LogP contribution is 2.31. The molecule has 2 N–H and O–H groups in total. The molecule has 40 heavy (non-hydrogen) atoms. The molecular weight excluding hydrogens is 504 g/mol. The van der Waals surface area contributed by atoms with Crippen molar-refractivity contribution < 1.29 is 19.1 Å². The quantitative estimate of drug-likeness (QED) is 0.298. The fourth-order valence-corrected chi connectivity index (χ4v) is 5.05. The highest BCUT2D eigenvalue weighted by molar-refractivity contribution is 6.08. The summed E-state index contributed by atoms with van der Waals surface area (Å²) in [6, 6.07) is 27.1. The fraction of sp³-hybridized carbons (Fsp3) is 0.250. The van der Waals surface area contributed by atoms with Crippen LogP contribution in [0.3, 0.4) is 0 Å². The van der Waals surface area contributed by atoms with Crippen molar-refractivity contribution >= 4 is 39.6 Å². The molecular formula is C32H34N4O4. The Labute approximate surface area is 234 Å². The zero-order valence-electron chi connectivity index (χ0n) is 22.9. The molecule has 0 aliphatic carbocycles. The van der Waals surface area contributed by atoms with Gasteiger partial charge in [0.15, 0.2) is 0 Å². The number of benzene rings is 4. The highest BCUT2D eigenvalue weighted by atomic mass is 16.5. The van der Waals surface area contributed by atoms with Crippen LogP contribution in [-0.2, 0) is 4.74 Å². The van der Waals surface area contributed by atoms with E-state index in [0.717, 1.165) is 54.1 Å². The summed E-state index contributed by atoms with van der Waals surface area (Å²) in [6.07, 6.45) is 0. The second-order valence-electron chi connectivity index (χ2n) is 9.64. The number of fused-ring (bicyclic) bond motifs is 1.